The van der Waals surface area contributed by atoms with Crippen LogP contribution in [0.4, 0.5) is 5.13 Å². The van der Waals surface area contributed by atoms with Gasteiger partial charge in [-0.1, -0.05) is 59.4 Å². The highest BCUT2D eigenvalue weighted by atomic mass is 32.1. The number of anilines is 1. The predicted molar refractivity (Wildman–Crippen MR) is 101 cm³/mol. The molecule has 0 bridgehead atoms. The molecule has 0 aliphatic heterocycles. The van der Waals surface area contributed by atoms with Gasteiger partial charge >= 0.3 is 0 Å². The minimum atomic E-state index is -0.112. The van der Waals surface area contributed by atoms with Crippen molar-refractivity contribution >= 4 is 43.4 Å². The summed E-state index contributed by atoms with van der Waals surface area (Å²) < 4.78 is 1.07. The Morgan fingerprint density at radius 3 is 2.75 bits per heavy atom. The van der Waals surface area contributed by atoms with E-state index < -0.39 is 0 Å². The third-order valence-electron chi connectivity index (χ3n) is 4.14. The normalized spacial score (nSPS) is 11.1. The Hall–Kier alpha value is -2.72. The van der Waals surface area contributed by atoms with Gasteiger partial charge in [-0.3, -0.25) is 10.1 Å². The van der Waals surface area contributed by atoms with Crippen molar-refractivity contribution in [2.24, 2.45) is 0 Å². The molecule has 1 heterocycles. The van der Waals surface area contributed by atoms with E-state index in [0.29, 0.717) is 10.7 Å². The molecule has 0 atom stereocenters. The van der Waals surface area contributed by atoms with Crippen LogP contribution in [0, 0.1) is 13.8 Å². The standard InChI is InChI=1S/C20H16N2OS/c1-12-7-8-13(2)16(11-12)19(23)22-20-21-18-15-6-4-3-5-14(15)9-10-17(18)24-20/h3-11H,1-2H3,(H,21,22,23). The van der Waals surface area contributed by atoms with Crippen LogP contribution in [0.1, 0.15) is 21.5 Å². The quantitative estimate of drug-likeness (QED) is 0.540. The number of rotatable bonds is 2. The van der Waals surface area contributed by atoms with Gasteiger partial charge in [0.1, 0.15) is 0 Å². The maximum absolute atomic E-state index is 12.6. The average Bonchev–Trinajstić information content (AvgIpc) is 3.00. The molecule has 118 valence electrons. The Balaban J connectivity index is 1.73. The Morgan fingerprint density at radius 2 is 1.88 bits per heavy atom. The number of nitrogens with one attached hydrogen (secondary N) is 1. The molecule has 3 aromatic carbocycles. The second-order valence-electron chi connectivity index (χ2n) is 5.92. The van der Waals surface area contributed by atoms with Crippen LogP contribution in [0.15, 0.2) is 54.6 Å². The first-order valence-electron chi connectivity index (χ1n) is 7.79. The largest absolute Gasteiger partial charge is 0.298 e. The summed E-state index contributed by atoms with van der Waals surface area (Å²) in [6.07, 6.45) is 0. The summed E-state index contributed by atoms with van der Waals surface area (Å²) in [6, 6.07) is 18.2. The van der Waals surface area contributed by atoms with Crippen molar-refractivity contribution in [1.82, 2.24) is 4.98 Å². The molecule has 4 aromatic rings. The van der Waals surface area contributed by atoms with E-state index in [4.69, 9.17) is 0 Å². The molecule has 1 amide bonds. The SMILES string of the molecule is Cc1ccc(C)c(C(=O)Nc2nc3c(ccc4ccccc43)s2)c1. The molecule has 0 saturated carbocycles. The third kappa shape index (κ3) is 2.55. The van der Waals surface area contributed by atoms with Crippen molar-refractivity contribution in [3.05, 3.63) is 71.3 Å². The number of hydrogen-bond donors (Lipinski definition) is 1. The summed E-state index contributed by atoms with van der Waals surface area (Å²) >= 11 is 1.50. The Kier molecular flexibility index (Phi) is 3.54. The van der Waals surface area contributed by atoms with Gasteiger partial charge in [-0.15, -0.1) is 0 Å². The first-order chi connectivity index (χ1) is 11.6. The molecule has 4 heteroatoms. The van der Waals surface area contributed by atoms with E-state index in [1.54, 1.807) is 0 Å². The van der Waals surface area contributed by atoms with E-state index in [9.17, 15) is 4.79 Å². The number of aryl methyl sites for hydroxylation is 2. The summed E-state index contributed by atoms with van der Waals surface area (Å²) in [5.74, 6) is -0.112. The van der Waals surface area contributed by atoms with Crippen molar-refractivity contribution < 1.29 is 4.79 Å². The van der Waals surface area contributed by atoms with E-state index in [1.807, 2.05) is 44.2 Å². The first-order valence-corrected chi connectivity index (χ1v) is 8.60. The zero-order valence-corrected chi connectivity index (χ0v) is 14.3. The number of fused-ring (bicyclic) bond motifs is 3. The van der Waals surface area contributed by atoms with Gasteiger partial charge in [0, 0.05) is 10.9 Å². The maximum atomic E-state index is 12.6. The highest BCUT2D eigenvalue weighted by Crippen LogP contribution is 2.32. The molecule has 0 fully saturated rings. The van der Waals surface area contributed by atoms with Crippen molar-refractivity contribution in [3.8, 4) is 0 Å². The van der Waals surface area contributed by atoms with E-state index in [-0.39, 0.29) is 5.91 Å². The van der Waals surface area contributed by atoms with E-state index in [1.165, 1.54) is 11.3 Å². The van der Waals surface area contributed by atoms with Crippen molar-refractivity contribution in [1.29, 1.82) is 0 Å². The smallest absolute Gasteiger partial charge is 0.257 e. The Bertz CT molecular complexity index is 1080. The summed E-state index contributed by atoms with van der Waals surface area (Å²) in [6.45, 7) is 3.93. The summed E-state index contributed by atoms with van der Waals surface area (Å²) in [7, 11) is 0. The zero-order chi connectivity index (χ0) is 16.7. The number of benzene rings is 3. The lowest BCUT2D eigenvalue weighted by atomic mass is 10.1. The van der Waals surface area contributed by atoms with Crippen LogP contribution in [0.3, 0.4) is 0 Å². The van der Waals surface area contributed by atoms with Gasteiger partial charge in [0.05, 0.1) is 10.2 Å². The number of amides is 1. The van der Waals surface area contributed by atoms with E-state index in [0.717, 1.165) is 32.1 Å². The number of aromatic nitrogens is 1. The topological polar surface area (TPSA) is 42.0 Å². The van der Waals surface area contributed by atoms with Crippen molar-refractivity contribution in [2.45, 2.75) is 13.8 Å². The fourth-order valence-corrected chi connectivity index (χ4v) is 3.74. The molecule has 24 heavy (non-hydrogen) atoms. The Morgan fingerprint density at radius 1 is 1.04 bits per heavy atom. The molecule has 0 saturated heterocycles. The molecule has 0 aliphatic rings. The molecule has 0 radical (unpaired) electrons. The predicted octanol–water partition coefficient (Wildman–Crippen LogP) is 5.32. The fraction of sp³-hybridized carbons (Fsp3) is 0.100. The Labute approximate surface area is 144 Å². The van der Waals surface area contributed by atoms with Crippen LogP contribution in [-0.4, -0.2) is 10.9 Å². The van der Waals surface area contributed by atoms with Crippen LogP contribution in [0.25, 0.3) is 21.0 Å². The summed E-state index contributed by atoms with van der Waals surface area (Å²) in [5.41, 5.74) is 3.67. The van der Waals surface area contributed by atoms with Gasteiger partial charge in [-0.2, -0.15) is 0 Å². The highest BCUT2D eigenvalue weighted by molar-refractivity contribution is 7.22. The van der Waals surface area contributed by atoms with Gasteiger partial charge in [0.2, 0.25) is 0 Å². The first kappa shape index (κ1) is 14.8. The van der Waals surface area contributed by atoms with Gasteiger partial charge in [-0.05, 0) is 36.9 Å². The molecular weight excluding hydrogens is 316 g/mol. The van der Waals surface area contributed by atoms with Crippen molar-refractivity contribution in [2.75, 3.05) is 5.32 Å². The van der Waals surface area contributed by atoms with Crippen molar-refractivity contribution in [3.63, 3.8) is 0 Å². The molecule has 1 N–H and O–H groups in total. The molecule has 4 rings (SSSR count). The van der Waals surface area contributed by atoms with Crippen LogP contribution in [0.2, 0.25) is 0 Å². The summed E-state index contributed by atoms with van der Waals surface area (Å²) in [5, 5.41) is 5.85. The van der Waals surface area contributed by atoms with Crippen LogP contribution in [0.5, 0.6) is 0 Å². The lowest BCUT2D eigenvalue weighted by Gasteiger charge is -2.06. The second kappa shape index (κ2) is 5.73. The van der Waals surface area contributed by atoms with Gasteiger partial charge in [0.15, 0.2) is 5.13 Å². The molecule has 1 aromatic heterocycles. The van der Waals surface area contributed by atoms with Gasteiger partial charge in [-0.25, -0.2) is 4.98 Å². The molecule has 0 unspecified atom stereocenters. The van der Waals surface area contributed by atoms with Crippen LogP contribution < -0.4 is 5.32 Å². The molecule has 3 nitrogen and oxygen atoms in total. The maximum Gasteiger partial charge on any atom is 0.257 e. The van der Waals surface area contributed by atoms with Crippen LogP contribution >= 0.6 is 11.3 Å². The minimum Gasteiger partial charge on any atom is -0.298 e. The highest BCUT2D eigenvalue weighted by Gasteiger charge is 2.13. The van der Waals surface area contributed by atoms with Gasteiger partial charge < -0.3 is 0 Å². The molecule has 0 aliphatic carbocycles. The number of nitrogens with zero attached hydrogens (tertiary/aromatic N) is 1. The number of hydrogen-bond acceptors (Lipinski definition) is 3. The zero-order valence-electron chi connectivity index (χ0n) is 13.5. The molecular formula is C20H16N2OS. The minimum absolute atomic E-state index is 0.112. The lowest BCUT2D eigenvalue weighted by Crippen LogP contribution is -2.13. The van der Waals surface area contributed by atoms with Gasteiger partial charge in [0.25, 0.3) is 5.91 Å². The van der Waals surface area contributed by atoms with E-state index in [2.05, 4.69) is 34.6 Å². The molecule has 0 spiro atoms. The van der Waals surface area contributed by atoms with E-state index >= 15 is 0 Å². The second-order valence-corrected chi connectivity index (χ2v) is 6.96. The summed E-state index contributed by atoms with van der Waals surface area (Å²) in [4.78, 5) is 17.2. The lowest BCUT2D eigenvalue weighted by molar-refractivity contribution is 0.102. The third-order valence-corrected chi connectivity index (χ3v) is 5.08. The van der Waals surface area contributed by atoms with Crippen LogP contribution in [-0.2, 0) is 0 Å². The number of carbonyl (C=O) groups is 1. The monoisotopic (exact) mass is 332 g/mol. The average molecular weight is 332 g/mol. The fourth-order valence-electron chi connectivity index (χ4n) is 2.86. The number of carbonyl (C=O) groups excluding carboxylic acids is 1. The number of thiazole rings is 1.